The van der Waals surface area contributed by atoms with Crippen molar-refractivity contribution in [3.8, 4) is 0 Å². The molecule has 0 saturated heterocycles. The zero-order valence-electron chi connectivity index (χ0n) is 10.5. The van der Waals surface area contributed by atoms with E-state index in [1.54, 1.807) is 6.07 Å². The predicted molar refractivity (Wildman–Crippen MR) is 89.8 cm³/mol. The van der Waals surface area contributed by atoms with Gasteiger partial charge in [-0.2, -0.15) is 13.2 Å². The largest absolute Gasteiger partial charge is 0.417 e. The van der Waals surface area contributed by atoms with Crippen molar-refractivity contribution in [1.82, 2.24) is 0 Å². The number of halogens is 4. The van der Waals surface area contributed by atoms with Crippen LogP contribution < -0.4 is 11.1 Å². The van der Waals surface area contributed by atoms with Crippen molar-refractivity contribution < 1.29 is 13.2 Å². The van der Waals surface area contributed by atoms with E-state index in [2.05, 4.69) is 40.1 Å². The summed E-state index contributed by atoms with van der Waals surface area (Å²) < 4.78 is 40.1. The summed E-state index contributed by atoms with van der Waals surface area (Å²) in [5.41, 5.74) is 5.36. The Morgan fingerprint density at radius 3 is 2.33 bits per heavy atom. The van der Waals surface area contributed by atoms with Crippen LogP contribution in [-0.4, -0.2) is 4.99 Å². The van der Waals surface area contributed by atoms with Crippen molar-refractivity contribution in [3.05, 3.63) is 57.2 Å². The molecule has 110 valence electrons. The monoisotopic (exact) mass is 422 g/mol. The van der Waals surface area contributed by atoms with Gasteiger partial charge in [-0.15, -0.1) is 0 Å². The average molecular weight is 422 g/mol. The molecule has 0 aliphatic rings. The Labute approximate surface area is 138 Å². The Morgan fingerprint density at radius 2 is 1.76 bits per heavy atom. The molecule has 2 rings (SSSR count). The molecule has 0 bridgehead atoms. The van der Waals surface area contributed by atoms with E-state index in [-0.39, 0.29) is 10.6 Å². The van der Waals surface area contributed by atoms with E-state index in [9.17, 15) is 13.2 Å². The van der Waals surface area contributed by atoms with Crippen LogP contribution in [0, 0.1) is 3.57 Å². The van der Waals surface area contributed by atoms with Gasteiger partial charge in [0.2, 0.25) is 0 Å². The maximum atomic E-state index is 13.0. The highest BCUT2D eigenvalue weighted by atomic mass is 127. The maximum absolute atomic E-state index is 13.0. The van der Waals surface area contributed by atoms with Crippen LogP contribution in [0.1, 0.15) is 11.1 Å². The molecule has 0 radical (unpaired) electrons. The summed E-state index contributed by atoms with van der Waals surface area (Å²) in [7, 11) is 0. The number of hydrogen-bond donors (Lipinski definition) is 2. The standard InChI is InChI=1S/C14H10F3IN2S/c15-14(16,17)12-7-10(4-5-11(12)13(19)21)20-9-3-1-2-8(18)6-9/h1-7,20H,(H2,19,21). The molecular formula is C14H10F3IN2S. The molecule has 21 heavy (non-hydrogen) atoms. The molecule has 3 N–H and O–H groups in total. The minimum Gasteiger partial charge on any atom is -0.389 e. The molecule has 0 aliphatic heterocycles. The maximum Gasteiger partial charge on any atom is 0.417 e. The molecule has 0 spiro atoms. The number of rotatable bonds is 3. The Balaban J connectivity index is 2.40. The van der Waals surface area contributed by atoms with Crippen molar-refractivity contribution in [1.29, 1.82) is 0 Å². The van der Waals surface area contributed by atoms with Crippen LogP contribution in [0.25, 0.3) is 0 Å². The molecular weight excluding hydrogens is 412 g/mol. The summed E-state index contributed by atoms with van der Waals surface area (Å²) in [6.45, 7) is 0. The lowest BCUT2D eigenvalue weighted by molar-refractivity contribution is -0.137. The second-order valence-corrected chi connectivity index (χ2v) is 5.94. The van der Waals surface area contributed by atoms with Gasteiger partial charge in [0.15, 0.2) is 0 Å². The first kappa shape index (κ1) is 16.0. The predicted octanol–water partition coefficient (Wildman–Crippen LogP) is 4.69. The minimum atomic E-state index is -4.51. The Bertz CT molecular complexity index is 686. The van der Waals surface area contributed by atoms with Crippen molar-refractivity contribution in [2.75, 3.05) is 5.32 Å². The van der Waals surface area contributed by atoms with Gasteiger partial charge in [0.25, 0.3) is 0 Å². The first-order valence-corrected chi connectivity index (χ1v) is 7.30. The van der Waals surface area contributed by atoms with Crippen LogP contribution in [0.3, 0.4) is 0 Å². The molecule has 0 aliphatic carbocycles. The van der Waals surface area contributed by atoms with Crippen molar-refractivity contribution in [2.24, 2.45) is 5.73 Å². The van der Waals surface area contributed by atoms with Crippen LogP contribution in [-0.2, 0) is 6.18 Å². The number of anilines is 2. The molecule has 2 aromatic carbocycles. The van der Waals surface area contributed by atoms with E-state index in [4.69, 9.17) is 5.73 Å². The van der Waals surface area contributed by atoms with E-state index >= 15 is 0 Å². The smallest absolute Gasteiger partial charge is 0.389 e. The van der Waals surface area contributed by atoms with Gasteiger partial charge in [0, 0.05) is 20.5 Å². The number of nitrogens with one attached hydrogen (secondary N) is 1. The molecule has 0 aromatic heterocycles. The lowest BCUT2D eigenvalue weighted by atomic mass is 10.1. The van der Waals surface area contributed by atoms with E-state index in [1.165, 1.54) is 12.1 Å². The Kier molecular flexibility index (Phi) is 4.72. The first-order chi connectivity index (χ1) is 9.77. The van der Waals surface area contributed by atoms with E-state index in [1.807, 2.05) is 18.2 Å². The normalized spacial score (nSPS) is 11.2. The molecule has 0 heterocycles. The highest BCUT2D eigenvalue weighted by molar-refractivity contribution is 14.1. The Hall–Kier alpha value is -1.35. The number of thiocarbonyl (C=S) groups is 1. The topological polar surface area (TPSA) is 38.0 Å². The fraction of sp³-hybridized carbons (Fsp3) is 0.0714. The fourth-order valence-corrected chi connectivity index (χ4v) is 2.53. The number of hydrogen-bond acceptors (Lipinski definition) is 2. The minimum absolute atomic E-state index is 0.175. The quantitative estimate of drug-likeness (QED) is 0.557. The summed E-state index contributed by atoms with van der Waals surface area (Å²) in [6, 6.07) is 11.1. The van der Waals surface area contributed by atoms with Crippen LogP contribution in [0.4, 0.5) is 24.5 Å². The molecule has 0 unspecified atom stereocenters. The zero-order chi connectivity index (χ0) is 15.6. The highest BCUT2D eigenvalue weighted by Crippen LogP contribution is 2.34. The van der Waals surface area contributed by atoms with Gasteiger partial charge in [-0.3, -0.25) is 0 Å². The Morgan fingerprint density at radius 1 is 1.10 bits per heavy atom. The average Bonchev–Trinajstić information content (AvgIpc) is 2.37. The van der Waals surface area contributed by atoms with Gasteiger partial charge in [0.05, 0.1) is 5.56 Å². The molecule has 0 amide bonds. The number of nitrogens with two attached hydrogens (primary N) is 1. The van der Waals surface area contributed by atoms with Gasteiger partial charge in [-0.05, 0) is 59.0 Å². The van der Waals surface area contributed by atoms with Crippen LogP contribution in [0.15, 0.2) is 42.5 Å². The summed E-state index contributed by atoms with van der Waals surface area (Å²) in [6.07, 6.45) is -4.51. The molecule has 2 nitrogen and oxygen atoms in total. The summed E-state index contributed by atoms with van der Waals surface area (Å²) >= 11 is 6.79. The van der Waals surface area contributed by atoms with E-state index in [0.717, 1.165) is 9.64 Å². The SMILES string of the molecule is NC(=S)c1ccc(Nc2cccc(I)c2)cc1C(F)(F)F. The molecule has 2 aromatic rings. The van der Waals surface area contributed by atoms with Gasteiger partial charge in [-0.25, -0.2) is 0 Å². The second kappa shape index (κ2) is 6.18. The van der Waals surface area contributed by atoms with Gasteiger partial charge < -0.3 is 11.1 Å². The summed E-state index contributed by atoms with van der Waals surface area (Å²) in [5.74, 6) is 0. The third-order valence-electron chi connectivity index (χ3n) is 2.70. The van der Waals surface area contributed by atoms with Crippen LogP contribution >= 0.6 is 34.8 Å². The summed E-state index contributed by atoms with van der Waals surface area (Å²) in [4.78, 5) is -0.275. The molecule has 0 fully saturated rings. The van der Waals surface area contributed by atoms with Crippen molar-refractivity contribution in [3.63, 3.8) is 0 Å². The lowest BCUT2D eigenvalue weighted by Gasteiger charge is -2.15. The molecule has 0 atom stereocenters. The van der Waals surface area contributed by atoms with Crippen LogP contribution in [0.5, 0.6) is 0 Å². The number of benzene rings is 2. The molecule has 7 heteroatoms. The van der Waals surface area contributed by atoms with E-state index < -0.39 is 11.7 Å². The fourth-order valence-electron chi connectivity index (χ4n) is 1.80. The third-order valence-corrected chi connectivity index (χ3v) is 3.59. The summed E-state index contributed by atoms with van der Waals surface area (Å²) in [5, 5.41) is 2.93. The second-order valence-electron chi connectivity index (χ2n) is 4.26. The van der Waals surface area contributed by atoms with Crippen molar-refractivity contribution in [2.45, 2.75) is 6.18 Å². The zero-order valence-corrected chi connectivity index (χ0v) is 13.5. The lowest BCUT2D eigenvalue weighted by Crippen LogP contribution is -2.18. The highest BCUT2D eigenvalue weighted by Gasteiger charge is 2.34. The third kappa shape index (κ3) is 4.07. The number of alkyl halides is 3. The van der Waals surface area contributed by atoms with Gasteiger partial charge in [0.1, 0.15) is 4.99 Å². The van der Waals surface area contributed by atoms with Crippen LogP contribution in [0.2, 0.25) is 0 Å². The van der Waals surface area contributed by atoms with Crippen molar-refractivity contribution >= 4 is 51.2 Å². The first-order valence-electron chi connectivity index (χ1n) is 5.81. The van der Waals surface area contributed by atoms with Gasteiger partial charge in [-0.1, -0.05) is 18.3 Å². The molecule has 0 saturated carbocycles. The van der Waals surface area contributed by atoms with E-state index in [0.29, 0.717) is 11.4 Å². The van der Waals surface area contributed by atoms with Gasteiger partial charge >= 0.3 is 6.18 Å².